The van der Waals surface area contributed by atoms with Crippen LogP contribution < -0.4 is 4.90 Å². The number of rotatable bonds is 2. The molecule has 2 nitrogen and oxygen atoms in total. The number of anilines is 2. The van der Waals surface area contributed by atoms with Crippen molar-refractivity contribution in [2.75, 3.05) is 11.4 Å². The van der Waals surface area contributed by atoms with Gasteiger partial charge in [0.15, 0.2) is 0 Å². The summed E-state index contributed by atoms with van der Waals surface area (Å²) < 4.78 is 14.5. The Morgan fingerprint density at radius 1 is 1.10 bits per heavy atom. The van der Waals surface area contributed by atoms with Crippen molar-refractivity contribution >= 4 is 11.4 Å². The van der Waals surface area contributed by atoms with Crippen LogP contribution in [0.3, 0.4) is 0 Å². The number of para-hydroxylation sites is 1. The molecule has 2 aromatic rings. The first kappa shape index (κ1) is 14.1. The number of aryl methyl sites for hydroxylation is 1. The van der Waals surface area contributed by atoms with Gasteiger partial charge in [-0.3, -0.25) is 0 Å². The normalized spacial score (nSPS) is 16.2. The van der Waals surface area contributed by atoms with Crippen molar-refractivity contribution in [2.45, 2.75) is 32.3 Å². The van der Waals surface area contributed by atoms with Crippen molar-refractivity contribution in [1.29, 1.82) is 0 Å². The van der Waals surface area contributed by atoms with Crippen LogP contribution in [-0.4, -0.2) is 11.7 Å². The highest BCUT2D eigenvalue weighted by molar-refractivity contribution is 5.67. The van der Waals surface area contributed by atoms with E-state index in [0.717, 1.165) is 31.5 Å². The number of benzene rings is 2. The number of nitrogens with zero attached hydrogens (tertiary/aromatic N) is 1. The lowest BCUT2D eigenvalue weighted by molar-refractivity contribution is 0.199. The Kier molecular flexibility index (Phi) is 3.93. The largest absolute Gasteiger partial charge is 0.389 e. The van der Waals surface area contributed by atoms with Gasteiger partial charge < -0.3 is 10.0 Å². The summed E-state index contributed by atoms with van der Waals surface area (Å²) in [5.41, 5.74) is 3.57. The van der Waals surface area contributed by atoms with Crippen LogP contribution in [0.1, 0.15) is 37.0 Å². The number of hydrogen-bond donors (Lipinski definition) is 1. The van der Waals surface area contributed by atoms with Gasteiger partial charge in [-0.05, 0) is 55.5 Å². The maximum atomic E-state index is 14.5. The van der Waals surface area contributed by atoms with Gasteiger partial charge in [0.05, 0.1) is 11.8 Å². The summed E-state index contributed by atoms with van der Waals surface area (Å²) >= 11 is 0. The molecule has 110 valence electrons. The molecule has 2 aromatic carbocycles. The van der Waals surface area contributed by atoms with Crippen molar-refractivity contribution in [3.8, 4) is 0 Å². The molecule has 1 aliphatic rings. The molecule has 1 atom stereocenters. The van der Waals surface area contributed by atoms with Crippen molar-refractivity contribution in [2.24, 2.45) is 0 Å². The minimum Gasteiger partial charge on any atom is -0.389 e. The summed E-state index contributed by atoms with van der Waals surface area (Å²) in [6.07, 6.45) is 2.57. The molecule has 3 heteroatoms. The second-order valence-corrected chi connectivity index (χ2v) is 5.62. The molecule has 0 fully saturated rings. The quantitative estimate of drug-likeness (QED) is 0.886. The van der Waals surface area contributed by atoms with E-state index >= 15 is 0 Å². The van der Waals surface area contributed by atoms with E-state index < -0.39 is 6.10 Å². The standard InChI is InChI=1S/C18H20FNO/c1-13(21)15-9-10-18(16(19)12-15)20-11-5-4-7-14-6-2-3-8-17(14)20/h2-3,6,8-10,12-13,21H,4-5,7,11H2,1H3. The van der Waals surface area contributed by atoms with E-state index in [1.54, 1.807) is 19.1 Å². The smallest absolute Gasteiger partial charge is 0.147 e. The van der Waals surface area contributed by atoms with Crippen LogP contribution in [0.15, 0.2) is 42.5 Å². The molecule has 3 rings (SSSR count). The Morgan fingerprint density at radius 3 is 2.67 bits per heavy atom. The van der Waals surface area contributed by atoms with Gasteiger partial charge >= 0.3 is 0 Å². The van der Waals surface area contributed by atoms with Gasteiger partial charge in [0.1, 0.15) is 5.82 Å². The van der Waals surface area contributed by atoms with Crippen LogP contribution in [0.25, 0.3) is 0 Å². The predicted molar refractivity (Wildman–Crippen MR) is 83.4 cm³/mol. The molecule has 0 saturated carbocycles. The van der Waals surface area contributed by atoms with Gasteiger partial charge in [-0.1, -0.05) is 24.3 Å². The minimum atomic E-state index is -0.648. The average molecular weight is 285 g/mol. The molecule has 1 heterocycles. The second-order valence-electron chi connectivity index (χ2n) is 5.62. The second kappa shape index (κ2) is 5.86. The molecule has 0 aromatic heterocycles. The summed E-state index contributed by atoms with van der Waals surface area (Å²) in [4.78, 5) is 2.06. The van der Waals surface area contributed by atoms with Crippen molar-refractivity contribution < 1.29 is 9.50 Å². The lowest BCUT2D eigenvalue weighted by Gasteiger charge is -2.26. The highest BCUT2D eigenvalue weighted by Gasteiger charge is 2.19. The third-order valence-corrected chi connectivity index (χ3v) is 4.11. The lowest BCUT2D eigenvalue weighted by atomic mass is 10.1. The van der Waals surface area contributed by atoms with E-state index in [4.69, 9.17) is 0 Å². The zero-order valence-electron chi connectivity index (χ0n) is 12.2. The molecular formula is C18H20FNO. The molecule has 0 spiro atoms. The van der Waals surface area contributed by atoms with Gasteiger partial charge in [-0.2, -0.15) is 0 Å². The molecule has 1 N–H and O–H groups in total. The summed E-state index contributed by atoms with van der Waals surface area (Å²) in [5, 5.41) is 9.57. The van der Waals surface area contributed by atoms with Crippen LogP contribution in [0.2, 0.25) is 0 Å². The Labute approximate surface area is 124 Å². The fourth-order valence-corrected chi connectivity index (χ4v) is 2.94. The van der Waals surface area contributed by atoms with Crippen molar-refractivity contribution in [3.05, 3.63) is 59.4 Å². The topological polar surface area (TPSA) is 23.5 Å². The maximum Gasteiger partial charge on any atom is 0.147 e. The van der Waals surface area contributed by atoms with Gasteiger partial charge in [0, 0.05) is 12.2 Å². The zero-order chi connectivity index (χ0) is 14.8. The van der Waals surface area contributed by atoms with Gasteiger partial charge in [-0.25, -0.2) is 4.39 Å². The third kappa shape index (κ3) is 2.79. The minimum absolute atomic E-state index is 0.273. The monoisotopic (exact) mass is 285 g/mol. The summed E-state index contributed by atoms with van der Waals surface area (Å²) in [6, 6.07) is 13.2. The number of hydrogen-bond acceptors (Lipinski definition) is 2. The third-order valence-electron chi connectivity index (χ3n) is 4.11. The molecule has 0 amide bonds. The van der Waals surface area contributed by atoms with Gasteiger partial charge in [0.2, 0.25) is 0 Å². The van der Waals surface area contributed by atoms with Crippen LogP contribution in [0.5, 0.6) is 0 Å². The SMILES string of the molecule is CC(O)c1ccc(N2CCCCc3ccccc32)c(F)c1. The zero-order valence-corrected chi connectivity index (χ0v) is 12.2. The molecule has 0 radical (unpaired) electrons. The first-order chi connectivity index (χ1) is 10.2. The fraction of sp³-hybridized carbons (Fsp3) is 0.333. The summed E-state index contributed by atoms with van der Waals surface area (Å²) in [6.45, 7) is 2.47. The Morgan fingerprint density at radius 2 is 1.90 bits per heavy atom. The Hall–Kier alpha value is -1.87. The van der Waals surface area contributed by atoms with E-state index in [1.165, 1.54) is 11.6 Å². The summed E-state index contributed by atoms with van der Waals surface area (Å²) in [5.74, 6) is -0.273. The molecule has 0 aliphatic carbocycles. The molecule has 1 unspecified atom stereocenters. The highest BCUT2D eigenvalue weighted by atomic mass is 19.1. The molecule has 0 saturated heterocycles. The molecule has 21 heavy (non-hydrogen) atoms. The van der Waals surface area contributed by atoms with E-state index in [2.05, 4.69) is 17.0 Å². The van der Waals surface area contributed by atoms with E-state index in [0.29, 0.717) is 11.3 Å². The number of aliphatic hydroxyl groups excluding tert-OH is 1. The summed E-state index contributed by atoms with van der Waals surface area (Å²) in [7, 11) is 0. The maximum absolute atomic E-state index is 14.5. The molecule has 0 bridgehead atoms. The Balaban J connectivity index is 2.04. The highest BCUT2D eigenvalue weighted by Crippen LogP contribution is 2.34. The molecular weight excluding hydrogens is 265 g/mol. The number of aliphatic hydroxyl groups is 1. The first-order valence-electron chi connectivity index (χ1n) is 7.50. The fourth-order valence-electron chi connectivity index (χ4n) is 2.94. The van der Waals surface area contributed by atoms with Crippen LogP contribution in [0.4, 0.5) is 15.8 Å². The van der Waals surface area contributed by atoms with Gasteiger partial charge in [-0.15, -0.1) is 0 Å². The van der Waals surface area contributed by atoms with Crippen LogP contribution >= 0.6 is 0 Å². The van der Waals surface area contributed by atoms with Crippen LogP contribution in [0, 0.1) is 5.82 Å². The van der Waals surface area contributed by atoms with Gasteiger partial charge in [0.25, 0.3) is 0 Å². The first-order valence-corrected chi connectivity index (χ1v) is 7.50. The lowest BCUT2D eigenvalue weighted by Crippen LogP contribution is -2.19. The average Bonchev–Trinajstić information content (AvgIpc) is 2.69. The van der Waals surface area contributed by atoms with Crippen molar-refractivity contribution in [3.63, 3.8) is 0 Å². The molecule has 1 aliphatic heterocycles. The predicted octanol–water partition coefficient (Wildman–Crippen LogP) is 4.35. The number of fused-ring (bicyclic) bond motifs is 1. The van der Waals surface area contributed by atoms with E-state index in [1.807, 2.05) is 12.1 Å². The Bertz CT molecular complexity index is 639. The van der Waals surface area contributed by atoms with E-state index in [9.17, 15) is 9.50 Å². The van der Waals surface area contributed by atoms with Crippen LogP contribution in [-0.2, 0) is 6.42 Å². The van der Waals surface area contributed by atoms with E-state index in [-0.39, 0.29) is 5.82 Å². The van der Waals surface area contributed by atoms with Crippen molar-refractivity contribution in [1.82, 2.24) is 0 Å². The number of halogens is 1.